The molecule has 0 unspecified atom stereocenters. The number of fused-ring (bicyclic) bond motifs is 1. The quantitative estimate of drug-likeness (QED) is 0.380. The molecule has 3 aromatic rings. The van der Waals surface area contributed by atoms with E-state index in [1.54, 1.807) is 17.2 Å². The van der Waals surface area contributed by atoms with Crippen molar-refractivity contribution in [2.45, 2.75) is 18.8 Å². The van der Waals surface area contributed by atoms with Crippen LogP contribution in [0.3, 0.4) is 0 Å². The maximum atomic E-state index is 14.1. The number of hydrogen-bond acceptors (Lipinski definition) is 8. The maximum Gasteiger partial charge on any atom is 0.420 e. The largest absolute Gasteiger partial charge is 0.491 e. The standard InChI is InChI=1S/C33H30F3N7O/c1-22-32(33(34,35)36)29(19-39-40-22)43-20-26-5-3-4-6-28(26)30(43)21-44-27-10-8-25(9-11-27)23(2)41-13-15-42(16-14-41)31-12-7-24(17-37)18-38-31/h3-12,18-19,30,40H,1-2,13-16,20-21H2/t30-/m0/s1. The van der Waals surface area contributed by atoms with Crippen molar-refractivity contribution in [1.82, 2.24) is 20.2 Å². The van der Waals surface area contributed by atoms with E-state index in [1.807, 2.05) is 54.6 Å². The summed E-state index contributed by atoms with van der Waals surface area (Å²) in [6.45, 7) is 11.4. The van der Waals surface area contributed by atoms with Crippen LogP contribution in [0.15, 0.2) is 102 Å². The lowest BCUT2D eigenvalue weighted by Crippen LogP contribution is -2.45. The highest BCUT2D eigenvalue weighted by molar-refractivity contribution is 5.82. The number of hydrazone groups is 1. The predicted octanol–water partition coefficient (Wildman–Crippen LogP) is 5.60. The number of ether oxygens (including phenoxy) is 1. The number of hydrogen-bond donors (Lipinski definition) is 1. The summed E-state index contributed by atoms with van der Waals surface area (Å²) in [5.41, 5.74) is 5.45. The number of piperazine rings is 1. The maximum absolute atomic E-state index is 14.1. The minimum Gasteiger partial charge on any atom is -0.491 e. The molecular weight excluding hydrogens is 567 g/mol. The summed E-state index contributed by atoms with van der Waals surface area (Å²) in [6, 6.07) is 20.5. The second kappa shape index (κ2) is 11.8. The number of allylic oxidation sites excluding steroid dienone is 2. The molecule has 0 amide bonds. The number of benzene rings is 2. The summed E-state index contributed by atoms with van der Waals surface area (Å²) in [5, 5.41) is 12.9. The molecule has 3 aliphatic heterocycles. The lowest BCUT2D eigenvalue weighted by molar-refractivity contribution is -0.0919. The van der Waals surface area contributed by atoms with Crippen LogP contribution < -0.4 is 15.1 Å². The highest BCUT2D eigenvalue weighted by Gasteiger charge is 2.43. The third-order valence-corrected chi connectivity index (χ3v) is 8.13. The number of alkyl halides is 3. The molecule has 4 heterocycles. The SMILES string of the molecule is C=C1NN=CC(N2Cc3ccccc3[C@@H]2COc2ccc(C(=C)N3CCN(c4ccc(C#N)cn4)CC3)cc2)=C1C(F)(F)F. The Morgan fingerprint density at radius 3 is 2.48 bits per heavy atom. The number of halogens is 3. The zero-order valence-corrected chi connectivity index (χ0v) is 23.9. The van der Waals surface area contributed by atoms with Crippen LogP contribution in [0.4, 0.5) is 19.0 Å². The van der Waals surface area contributed by atoms with Gasteiger partial charge in [0, 0.05) is 44.6 Å². The van der Waals surface area contributed by atoms with Crippen LogP contribution in [0.2, 0.25) is 0 Å². The molecule has 11 heteroatoms. The normalized spacial score (nSPS) is 18.2. The Morgan fingerprint density at radius 2 is 1.80 bits per heavy atom. The van der Waals surface area contributed by atoms with Gasteiger partial charge in [-0.3, -0.25) is 5.43 Å². The van der Waals surface area contributed by atoms with Gasteiger partial charge >= 0.3 is 6.18 Å². The zero-order chi connectivity index (χ0) is 30.8. The number of anilines is 1. The molecule has 0 saturated carbocycles. The Balaban J connectivity index is 1.12. The smallest absolute Gasteiger partial charge is 0.420 e. The molecule has 0 radical (unpaired) electrons. The van der Waals surface area contributed by atoms with Gasteiger partial charge in [0.15, 0.2) is 0 Å². The van der Waals surface area contributed by atoms with Crippen LogP contribution in [0, 0.1) is 11.3 Å². The Kier molecular flexibility index (Phi) is 7.74. The van der Waals surface area contributed by atoms with E-state index < -0.39 is 17.8 Å². The molecule has 3 aliphatic rings. The molecule has 1 N–H and O–H groups in total. The lowest BCUT2D eigenvalue weighted by Gasteiger charge is -2.37. The molecule has 1 fully saturated rings. The van der Waals surface area contributed by atoms with Gasteiger partial charge in [-0.05, 0) is 53.1 Å². The van der Waals surface area contributed by atoms with E-state index in [1.165, 1.54) is 6.21 Å². The molecule has 0 spiro atoms. The predicted molar refractivity (Wildman–Crippen MR) is 162 cm³/mol. The van der Waals surface area contributed by atoms with E-state index in [0.29, 0.717) is 17.9 Å². The van der Waals surface area contributed by atoms with Crippen LogP contribution in [-0.4, -0.2) is 60.0 Å². The number of nitriles is 1. The summed E-state index contributed by atoms with van der Waals surface area (Å²) >= 11 is 0. The van der Waals surface area contributed by atoms with Gasteiger partial charge in [0.1, 0.15) is 29.8 Å². The molecule has 6 rings (SSSR count). The third kappa shape index (κ3) is 5.71. The van der Waals surface area contributed by atoms with Gasteiger partial charge < -0.3 is 19.4 Å². The number of pyridine rings is 1. The molecule has 0 bridgehead atoms. The summed E-state index contributed by atoms with van der Waals surface area (Å²) in [6.07, 6.45) is -1.81. The number of rotatable bonds is 7. The van der Waals surface area contributed by atoms with Gasteiger partial charge in [-0.25, -0.2) is 4.98 Å². The average molecular weight is 598 g/mol. The molecule has 0 aliphatic carbocycles. The van der Waals surface area contributed by atoms with Gasteiger partial charge in [0.2, 0.25) is 0 Å². The first-order valence-corrected chi connectivity index (χ1v) is 14.2. The fourth-order valence-corrected chi connectivity index (χ4v) is 5.82. The van der Waals surface area contributed by atoms with Crippen molar-refractivity contribution in [1.29, 1.82) is 5.26 Å². The van der Waals surface area contributed by atoms with Crippen LogP contribution in [-0.2, 0) is 6.54 Å². The van der Waals surface area contributed by atoms with E-state index >= 15 is 0 Å². The minimum absolute atomic E-state index is 0.0345. The topological polar surface area (TPSA) is 80.0 Å². The fraction of sp³-hybridized carbons (Fsp3) is 0.242. The first-order valence-electron chi connectivity index (χ1n) is 14.2. The van der Waals surface area contributed by atoms with Crippen LogP contribution in [0.1, 0.15) is 28.3 Å². The second-order valence-electron chi connectivity index (χ2n) is 10.7. The van der Waals surface area contributed by atoms with Crippen LogP contribution in [0.5, 0.6) is 5.75 Å². The van der Waals surface area contributed by atoms with Crippen molar-refractivity contribution in [3.05, 3.63) is 119 Å². The van der Waals surface area contributed by atoms with Crippen molar-refractivity contribution in [2.75, 3.05) is 37.7 Å². The van der Waals surface area contributed by atoms with Gasteiger partial charge in [-0.15, -0.1) is 0 Å². The summed E-state index contributed by atoms with van der Waals surface area (Å²) in [7, 11) is 0. The Hall–Kier alpha value is -5.24. The number of aromatic nitrogens is 1. The van der Waals surface area contributed by atoms with Crippen molar-refractivity contribution in [2.24, 2.45) is 5.10 Å². The van der Waals surface area contributed by atoms with E-state index in [9.17, 15) is 13.2 Å². The molecule has 1 saturated heterocycles. The molecule has 8 nitrogen and oxygen atoms in total. The Morgan fingerprint density at radius 1 is 1.05 bits per heavy atom. The molecule has 224 valence electrons. The zero-order valence-electron chi connectivity index (χ0n) is 23.9. The Bertz CT molecular complexity index is 1670. The average Bonchev–Trinajstić information content (AvgIpc) is 3.41. The summed E-state index contributed by atoms with van der Waals surface area (Å²) in [5.74, 6) is 1.46. The van der Waals surface area contributed by atoms with Gasteiger partial charge in [0.05, 0.1) is 29.2 Å². The first-order chi connectivity index (χ1) is 21.2. The van der Waals surface area contributed by atoms with Crippen molar-refractivity contribution in [3.8, 4) is 11.8 Å². The van der Waals surface area contributed by atoms with Crippen molar-refractivity contribution in [3.63, 3.8) is 0 Å². The lowest BCUT2D eigenvalue weighted by atomic mass is 10.0. The molecular formula is C33H30F3N7O. The molecule has 2 aromatic carbocycles. The van der Waals surface area contributed by atoms with E-state index in [-0.39, 0.29) is 18.0 Å². The first kappa shape index (κ1) is 28.9. The van der Waals surface area contributed by atoms with E-state index in [2.05, 4.69) is 44.5 Å². The number of nitrogens with zero attached hydrogens (tertiary/aromatic N) is 6. The summed E-state index contributed by atoms with van der Waals surface area (Å²) < 4.78 is 48.3. The fourth-order valence-electron chi connectivity index (χ4n) is 5.82. The van der Waals surface area contributed by atoms with Crippen LogP contribution in [0.25, 0.3) is 5.70 Å². The van der Waals surface area contributed by atoms with Crippen molar-refractivity contribution < 1.29 is 17.9 Å². The highest BCUT2D eigenvalue weighted by Crippen LogP contribution is 2.42. The number of nitrogens with one attached hydrogen (secondary N) is 1. The summed E-state index contributed by atoms with van der Waals surface area (Å²) in [4.78, 5) is 10.5. The van der Waals surface area contributed by atoms with E-state index in [4.69, 9.17) is 10.00 Å². The van der Waals surface area contributed by atoms with E-state index in [0.717, 1.165) is 54.4 Å². The molecule has 1 aromatic heterocycles. The highest BCUT2D eigenvalue weighted by atomic mass is 19.4. The third-order valence-electron chi connectivity index (χ3n) is 8.13. The van der Waals surface area contributed by atoms with Crippen molar-refractivity contribution >= 4 is 17.7 Å². The van der Waals surface area contributed by atoms with Gasteiger partial charge in [0.25, 0.3) is 0 Å². The Labute approximate surface area is 253 Å². The van der Waals surface area contributed by atoms with Gasteiger partial charge in [-0.2, -0.15) is 23.5 Å². The molecule has 1 atom stereocenters. The second-order valence-corrected chi connectivity index (χ2v) is 10.7. The molecule has 44 heavy (non-hydrogen) atoms. The van der Waals surface area contributed by atoms with Crippen LogP contribution >= 0.6 is 0 Å². The van der Waals surface area contributed by atoms with Gasteiger partial charge in [-0.1, -0.05) is 37.4 Å². The minimum atomic E-state index is -4.60. The monoisotopic (exact) mass is 597 g/mol.